The molecule has 0 bridgehead atoms. The Morgan fingerprint density at radius 1 is 1.39 bits per heavy atom. The van der Waals surface area contributed by atoms with Crippen LogP contribution in [0.3, 0.4) is 0 Å². The van der Waals surface area contributed by atoms with E-state index in [2.05, 4.69) is 21.8 Å². The van der Waals surface area contributed by atoms with Crippen molar-refractivity contribution in [2.24, 2.45) is 0 Å². The molecule has 2 aromatic rings. The van der Waals surface area contributed by atoms with Crippen LogP contribution in [0.2, 0.25) is 0 Å². The summed E-state index contributed by atoms with van der Waals surface area (Å²) in [7, 11) is 0. The lowest BCUT2D eigenvalue weighted by molar-refractivity contribution is 0.188. The molecule has 1 aromatic carbocycles. The first-order valence-electron chi connectivity index (χ1n) is 6.30. The molecule has 1 aromatic heterocycles. The second kappa shape index (κ2) is 5.84. The third-order valence-electron chi connectivity index (χ3n) is 2.88. The van der Waals surface area contributed by atoms with E-state index in [9.17, 15) is 0 Å². The molecular formula is C13H20N4O. The Bertz CT molecular complexity index is 503. The fraction of sp³-hybridized carbons (Fsp3) is 0.462. The Balaban J connectivity index is 2.14. The molecule has 0 aliphatic rings. The van der Waals surface area contributed by atoms with Gasteiger partial charge in [0.15, 0.2) is 0 Å². The topological polar surface area (TPSA) is 78.2 Å². The number of rotatable bonds is 6. The number of nitrogens with one attached hydrogen (secondary N) is 1. The van der Waals surface area contributed by atoms with Crippen LogP contribution >= 0.6 is 0 Å². The van der Waals surface area contributed by atoms with Crippen molar-refractivity contribution >= 4 is 16.7 Å². The number of imidazole rings is 1. The van der Waals surface area contributed by atoms with Crippen molar-refractivity contribution in [3.8, 4) is 0 Å². The minimum atomic E-state index is 0.174. The van der Waals surface area contributed by atoms with Crippen LogP contribution in [0, 0.1) is 0 Å². The van der Waals surface area contributed by atoms with Crippen LogP contribution in [0.15, 0.2) is 18.2 Å². The number of aliphatic hydroxyl groups excluding tert-OH is 1. The number of nitrogens with two attached hydrogens (primary N) is 1. The highest BCUT2D eigenvalue weighted by atomic mass is 16.3. The van der Waals surface area contributed by atoms with Crippen molar-refractivity contribution in [2.75, 3.05) is 25.4 Å². The number of hydrogen-bond acceptors (Lipinski definition) is 4. The molecule has 5 nitrogen and oxygen atoms in total. The Kier molecular flexibility index (Phi) is 4.17. The van der Waals surface area contributed by atoms with Crippen LogP contribution in [0.1, 0.15) is 19.2 Å². The normalized spacial score (nSPS) is 11.5. The van der Waals surface area contributed by atoms with Crippen molar-refractivity contribution in [1.82, 2.24) is 14.9 Å². The summed E-state index contributed by atoms with van der Waals surface area (Å²) in [5.41, 5.74) is 8.37. The summed E-state index contributed by atoms with van der Waals surface area (Å²) in [6.07, 6.45) is 1.06. The molecule has 0 radical (unpaired) electrons. The maximum absolute atomic E-state index is 9.03. The van der Waals surface area contributed by atoms with Crippen LogP contribution in [-0.4, -0.2) is 39.7 Å². The predicted molar refractivity (Wildman–Crippen MR) is 73.2 cm³/mol. The number of aromatic amines is 1. The monoisotopic (exact) mass is 248 g/mol. The van der Waals surface area contributed by atoms with Gasteiger partial charge in [-0.1, -0.05) is 6.92 Å². The number of aromatic nitrogens is 2. The Morgan fingerprint density at radius 2 is 2.22 bits per heavy atom. The van der Waals surface area contributed by atoms with E-state index in [1.54, 1.807) is 0 Å². The average Bonchev–Trinajstić information content (AvgIpc) is 2.71. The van der Waals surface area contributed by atoms with Gasteiger partial charge < -0.3 is 15.8 Å². The lowest BCUT2D eigenvalue weighted by atomic mass is 10.3. The quantitative estimate of drug-likeness (QED) is 0.674. The van der Waals surface area contributed by atoms with Gasteiger partial charge in [0.25, 0.3) is 0 Å². The summed E-state index contributed by atoms with van der Waals surface area (Å²) < 4.78 is 0. The van der Waals surface area contributed by atoms with Gasteiger partial charge in [-0.2, -0.15) is 0 Å². The molecule has 0 saturated carbocycles. The van der Waals surface area contributed by atoms with Crippen molar-refractivity contribution in [3.63, 3.8) is 0 Å². The fourth-order valence-electron chi connectivity index (χ4n) is 2.09. The van der Waals surface area contributed by atoms with Crippen LogP contribution in [0.25, 0.3) is 11.0 Å². The standard InChI is InChI=1S/C13H20N4O/c1-2-5-17(6-7-18)9-13-15-11-4-3-10(14)8-12(11)16-13/h3-4,8,18H,2,5-7,9,14H2,1H3,(H,15,16). The highest BCUT2D eigenvalue weighted by Gasteiger charge is 2.08. The first-order chi connectivity index (χ1) is 8.72. The first kappa shape index (κ1) is 12.9. The Labute approximate surface area is 107 Å². The number of hydrogen-bond donors (Lipinski definition) is 3. The van der Waals surface area contributed by atoms with Gasteiger partial charge >= 0.3 is 0 Å². The van der Waals surface area contributed by atoms with Gasteiger partial charge in [-0.15, -0.1) is 0 Å². The van der Waals surface area contributed by atoms with Gasteiger partial charge in [-0.25, -0.2) is 4.98 Å². The highest BCUT2D eigenvalue weighted by molar-refractivity contribution is 5.78. The molecule has 5 heteroatoms. The molecule has 98 valence electrons. The number of aliphatic hydroxyl groups is 1. The SMILES string of the molecule is CCCN(CCO)Cc1nc2ccc(N)cc2[nH]1. The fourth-order valence-corrected chi connectivity index (χ4v) is 2.09. The Hall–Kier alpha value is -1.59. The van der Waals surface area contributed by atoms with Crippen LogP contribution in [-0.2, 0) is 6.54 Å². The summed E-state index contributed by atoms with van der Waals surface area (Å²) in [4.78, 5) is 9.97. The molecule has 0 atom stereocenters. The third-order valence-corrected chi connectivity index (χ3v) is 2.88. The molecule has 4 N–H and O–H groups in total. The Morgan fingerprint density at radius 3 is 2.94 bits per heavy atom. The lowest BCUT2D eigenvalue weighted by Gasteiger charge is -2.18. The number of fused-ring (bicyclic) bond motifs is 1. The first-order valence-corrected chi connectivity index (χ1v) is 6.30. The molecule has 1 heterocycles. The summed E-state index contributed by atoms with van der Waals surface area (Å²) >= 11 is 0. The number of H-pyrrole nitrogens is 1. The molecule has 0 unspecified atom stereocenters. The average molecular weight is 248 g/mol. The van der Waals surface area contributed by atoms with E-state index in [4.69, 9.17) is 10.8 Å². The molecular weight excluding hydrogens is 228 g/mol. The van der Waals surface area contributed by atoms with Gasteiger partial charge in [0, 0.05) is 12.2 Å². The molecule has 18 heavy (non-hydrogen) atoms. The van der Waals surface area contributed by atoms with E-state index in [-0.39, 0.29) is 6.61 Å². The molecule has 0 spiro atoms. The summed E-state index contributed by atoms with van der Waals surface area (Å²) in [6, 6.07) is 5.66. The second-order valence-corrected chi connectivity index (χ2v) is 4.46. The van der Waals surface area contributed by atoms with Crippen molar-refractivity contribution in [1.29, 1.82) is 0 Å². The van der Waals surface area contributed by atoms with E-state index in [1.807, 2.05) is 18.2 Å². The predicted octanol–water partition coefficient (Wildman–Crippen LogP) is 1.35. The summed E-state index contributed by atoms with van der Waals surface area (Å²) in [6.45, 7) is 4.66. The van der Waals surface area contributed by atoms with E-state index in [0.29, 0.717) is 6.54 Å². The summed E-state index contributed by atoms with van der Waals surface area (Å²) in [5, 5.41) is 9.03. The van der Waals surface area contributed by atoms with Gasteiger partial charge in [-0.05, 0) is 31.2 Å². The van der Waals surface area contributed by atoms with Crippen LogP contribution < -0.4 is 5.73 Å². The van der Waals surface area contributed by atoms with E-state index >= 15 is 0 Å². The number of nitrogens with zero attached hydrogens (tertiary/aromatic N) is 2. The van der Waals surface area contributed by atoms with E-state index in [0.717, 1.165) is 42.1 Å². The van der Waals surface area contributed by atoms with Crippen molar-refractivity contribution < 1.29 is 5.11 Å². The highest BCUT2D eigenvalue weighted by Crippen LogP contribution is 2.15. The van der Waals surface area contributed by atoms with Crippen molar-refractivity contribution in [2.45, 2.75) is 19.9 Å². The molecule has 0 aliphatic carbocycles. The third kappa shape index (κ3) is 3.00. The van der Waals surface area contributed by atoms with Crippen molar-refractivity contribution in [3.05, 3.63) is 24.0 Å². The zero-order valence-electron chi connectivity index (χ0n) is 10.7. The smallest absolute Gasteiger partial charge is 0.121 e. The number of benzene rings is 1. The molecule has 0 aliphatic heterocycles. The number of anilines is 1. The lowest BCUT2D eigenvalue weighted by Crippen LogP contribution is -2.27. The molecule has 2 rings (SSSR count). The minimum Gasteiger partial charge on any atom is -0.399 e. The zero-order chi connectivity index (χ0) is 13.0. The molecule has 0 amide bonds. The maximum Gasteiger partial charge on any atom is 0.121 e. The minimum absolute atomic E-state index is 0.174. The van der Waals surface area contributed by atoms with E-state index < -0.39 is 0 Å². The number of nitrogen functional groups attached to an aromatic ring is 1. The van der Waals surface area contributed by atoms with E-state index in [1.165, 1.54) is 0 Å². The van der Waals surface area contributed by atoms with Crippen LogP contribution in [0.4, 0.5) is 5.69 Å². The van der Waals surface area contributed by atoms with Gasteiger partial charge in [0.1, 0.15) is 5.82 Å². The van der Waals surface area contributed by atoms with Crippen LogP contribution in [0.5, 0.6) is 0 Å². The maximum atomic E-state index is 9.03. The van der Waals surface area contributed by atoms with Gasteiger partial charge in [0.05, 0.1) is 24.2 Å². The molecule has 0 saturated heterocycles. The van der Waals surface area contributed by atoms with Gasteiger partial charge in [0.2, 0.25) is 0 Å². The largest absolute Gasteiger partial charge is 0.399 e. The summed E-state index contributed by atoms with van der Waals surface area (Å²) in [5.74, 6) is 0.914. The second-order valence-electron chi connectivity index (χ2n) is 4.46. The zero-order valence-corrected chi connectivity index (χ0v) is 10.7. The molecule has 0 fully saturated rings. The van der Waals surface area contributed by atoms with Gasteiger partial charge in [-0.3, -0.25) is 4.90 Å².